The Bertz CT molecular complexity index is 224. The molecule has 0 aromatic rings. The van der Waals surface area contributed by atoms with Crippen molar-refractivity contribution in [1.82, 2.24) is 0 Å². The predicted molar refractivity (Wildman–Crippen MR) is 72.1 cm³/mol. The normalized spacial score (nSPS) is 20.1. The molecule has 0 aromatic carbocycles. The Balaban J connectivity index is 3.10. The number of hydrogen-bond donors (Lipinski definition) is 0. The molecule has 0 atom stereocenters. The summed E-state index contributed by atoms with van der Waals surface area (Å²) in [6, 6.07) is 0. The van der Waals surface area contributed by atoms with Gasteiger partial charge in [-0.15, -0.1) is 0 Å². The van der Waals surface area contributed by atoms with E-state index in [2.05, 4.69) is 0 Å². The Labute approximate surface area is 114 Å². The number of hydrogen-bond acceptors (Lipinski definition) is 0. The predicted octanol–water partition coefficient (Wildman–Crippen LogP) is 5.25. The molecule has 0 bridgehead atoms. The second-order valence-electron chi connectivity index (χ2n) is 3.16. The molecule has 0 unspecified atom stereocenters. The quantitative estimate of drug-likeness (QED) is 0.518. The van der Waals surface area contributed by atoms with Crippen LogP contribution in [0.1, 0.15) is 25.7 Å². The molecule has 1 aliphatic carbocycles. The molecule has 0 nitrogen and oxygen atoms in total. The first kappa shape index (κ1) is 14.6. The Morgan fingerprint density at radius 1 is 0.643 bits per heavy atom. The third-order valence-electron chi connectivity index (χ3n) is 2.15. The summed E-state index contributed by atoms with van der Waals surface area (Å²) in [5.74, 6) is 0. The molecule has 14 heavy (non-hydrogen) atoms. The summed E-state index contributed by atoms with van der Waals surface area (Å²) in [4.78, 5) is 0. The third kappa shape index (κ3) is 4.10. The van der Waals surface area contributed by atoms with Crippen LogP contribution in [0.25, 0.3) is 0 Å². The summed E-state index contributed by atoms with van der Waals surface area (Å²) in [6.07, 6.45) is 3.71. The molecule has 0 fully saturated rings. The van der Waals surface area contributed by atoms with E-state index in [1.54, 1.807) is 0 Å². The fourth-order valence-electron chi connectivity index (χ4n) is 1.53. The summed E-state index contributed by atoms with van der Waals surface area (Å²) < 4.78 is 1.81. The van der Waals surface area contributed by atoms with E-state index < -0.39 is 21.0 Å². The maximum absolute atomic E-state index is 6.03. The monoisotopic (exact) mass is 438 g/mol. The van der Waals surface area contributed by atoms with E-state index in [4.69, 9.17) is 60.1 Å². The van der Waals surface area contributed by atoms with Gasteiger partial charge >= 0.3 is 116 Å². The third-order valence-corrected chi connectivity index (χ3v) is 15.6. The minimum atomic E-state index is -3.34. The van der Waals surface area contributed by atoms with E-state index in [1.807, 2.05) is 0 Å². The van der Waals surface area contributed by atoms with Crippen LogP contribution in [0, 0.1) is 0 Å². The first-order valence-corrected chi connectivity index (χ1v) is 22.7. The average molecular weight is 438 g/mol. The molecule has 82 valence electrons. The van der Waals surface area contributed by atoms with Crippen LogP contribution >= 0.6 is 60.1 Å². The zero-order valence-electron chi connectivity index (χ0n) is 7.10. The molecular weight excluding hydrogens is 430 g/mol. The second-order valence-corrected chi connectivity index (χ2v) is 33.6. The van der Waals surface area contributed by atoms with Gasteiger partial charge in [0.1, 0.15) is 0 Å². The molecule has 0 amide bonds. The number of halogens is 6. The van der Waals surface area contributed by atoms with Crippen LogP contribution in [0.4, 0.5) is 0 Å². The number of allylic oxidation sites excluding steroid dienone is 2. The van der Waals surface area contributed by atoms with Crippen LogP contribution in [0.3, 0.4) is 0 Å². The van der Waals surface area contributed by atoms with Crippen LogP contribution in [0.15, 0.2) is 8.81 Å². The first-order chi connectivity index (χ1) is 6.23. The van der Waals surface area contributed by atoms with Crippen LogP contribution < -0.4 is 0 Å². The molecule has 0 radical (unpaired) electrons. The molecule has 0 N–H and O–H groups in total. The maximum atomic E-state index is 6.03. The van der Waals surface area contributed by atoms with Crippen molar-refractivity contribution in [2.45, 2.75) is 25.7 Å². The van der Waals surface area contributed by atoms with Gasteiger partial charge in [0.05, 0.1) is 0 Å². The van der Waals surface area contributed by atoms with Crippen molar-refractivity contribution in [2.75, 3.05) is 0 Å². The van der Waals surface area contributed by atoms with Crippen LogP contribution in [-0.4, -0.2) is 21.0 Å². The Kier molecular flexibility index (Phi) is 5.72. The van der Waals surface area contributed by atoms with Crippen LogP contribution in [0.2, 0.25) is 0 Å². The molecule has 0 heterocycles. The van der Waals surface area contributed by atoms with Crippen molar-refractivity contribution in [1.29, 1.82) is 0 Å². The number of rotatable bonds is 2. The Morgan fingerprint density at radius 2 is 0.929 bits per heavy atom. The van der Waals surface area contributed by atoms with Gasteiger partial charge < -0.3 is 0 Å². The summed E-state index contributed by atoms with van der Waals surface area (Å²) in [5.41, 5.74) is 0. The Hall–Kier alpha value is 2.57. The topological polar surface area (TPSA) is 0 Å². The molecule has 0 aromatic heterocycles. The van der Waals surface area contributed by atoms with Gasteiger partial charge in [0.15, 0.2) is 0 Å². The van der Waals surface area contributed by atoms with E-state index in [9.17, 15) is 0 Å². The van der Waals surface area contributed by atoms with E-state index in [0.29, 0.717) is 0 Å². The first-order valence-electron chi connectivity index (χ1n) is 4.09. The summed E-state index contributed by atoms with van der Waals surface area (Å²) in [7, 11) is 29.5. The van der Waals surface area contributed by atoms with Crippen molar-refractivity contribution >= 4 is 81.0 Å². The molecule has 0 spiro atoms. The van der Waals surface area contributed by atoms with Gasteiger partial charge in [0.25, 0.3) is 0 Å². The van der Waals surface area contributed by atoms with Crippen molar-refractivity contribution < 1.29 is 0 Å². The molecule has 1 aliphatic rings. The molecule has 8 heteroatoms. The van der Waals surface area contributed by atoms with E-state index in [0.717, 1.165) is 34.5 Å². The minimum absolute atomic E-state index is 0.811. The fraction of sp³-hybridized carbons (Fsp3) is 0.667. The molecule has 0 aliphatic heterocycles. The second kappa shape index (κ2) is 5.47. The van der Waals surface area contributed by atoms with Crippen molar-refractivity contribution in [3.8, 4) is 0 Å². The van der Waals surface area contributed by atoms with Gasteiger partial charge in [-0.05, 0) is 0 Å². The van der Waals surface area contributed by atoms with Gasteiger partial charge in [-0.2, -0.15) is 0 Å². The fourth-order valence-corrected chi connectivity index (χ4v) is 21.2. The van der Waals surface area contributed by atoms with Gasteiger partial charge in [-0.25, -0.2) is 0 Å². The van der Waals surface area contributed by atoms with Crippen LogP contribution in [0.5, 0.6) is 0 Å². The summed E-state index contributed by atoms with van der Waals surface area (Å²) >= 11 is 0. The van der Waals surface area contributed by atoms with Crippen molar-refractivity contribution in [2.24, 2.45) is 0 Å². The van der Waals surface area contributed by atoms with E-state index in [-0.39, 0.29) is 0 Å². The molecule has 1 rings (SSSR count). The Morgan fingerprint density at radius 3 is 1.14 bits per heavy atom. The SMILES string of the molecule is [Cl][Ge]([Cl])([Cl])[C]1=[C]([Ge]([Cl])([Cl])[Cl])CCCC1. The zero-order valence-corrected chi connectivity index (χ0v) is 15.8. The zero-order chi connectivity index (χ0) is 11.0. The van der Waals surface area contributed by atoms with Gasteiger partial charge in [-0.1, -0.05) is 0 Å². The van der Waals surface area contributed by atoms with E-state index in [1.165, 1.54) is 0 Å². The van der Waals surface area contributed by atoms with Crippen molar-refractivity contribution in [3.05, 3.63) is 8.81 Å². The van der Waals surface area contributed by atoms with Gasteiger partial charge in [0, 0.05) is 0 Å². The van der Waals surface area contributed by atoms with Gasteiger partial charge in [-0.3, -0.25) is 0 Å². The molecule has 0 saturated carbocycles. The average Bonchev–Trinajstić information content (AvgIpc) is 2.01. The summed E-state index contributed by atoms with van der Waals surface area (Å²) in [6.45, 7) is 0. The van der Waals surface area contributed by atoms with E-state index >= 15 is 0 Å². The van der Waals surface area contributed by atoms with Crippen molar-refractivity contribution in [3.63, 3.8) is 0 Å². The molecular formula is C6H8Cl6Ge2. The summed E-state index contributed by atoms with van der Waals surface area (Å²) in [5, 5.41) is 0. The van der Waals surface area contributed by atoms with Crippen LogP contribution in [-0.2, 0) is 0 Å². The molecule has 0 saturated heterocycles. The standard InChI is InChI=1S/C6H8Cl6Ge2/c7-13(8,9)5-3-1-2-4-6(5)14(10,11)12/h1-4H2. The van der Waals surface area contributed by atoms with Gasteiger partial charge in [0.2, 0.25) is 0 Å².